The molecule has 0 unspecified atom stereocenters. The summed E-state index contributed by atoms with van der Waals surface area (Å²) in [5.41, 5.74) is -0.0453. The van der Waals surface area contributed by atoms with Crippen molar-refractivity contribution in [2.75, 3.05) is 6.54 Å². The van der Waals surface area contributed by atoms with Gasteiger partial charge in [0.05, 0.1) is 16.3 Å². The van der Waals surface area contributed by atoms with Crippen LogP contribution in [0.3, 0.4) is 0 Å². The van der Waals surface area contributed by atoms with E-state index >= 15 is 0 Å². The average molecular weight is 400 g/mol. The monoisotopic (exact) mass is 399 g/mol. The Hall–Kier alpha value is -2.67. The van der Waals surface area contributed by atoms with E-state index in [0.717, 1.165) is 17.7 Å². The molecule has 0 aromatic heterocycles. The summed E-state index contributed by atoms with van der Waals surface area (Å²) in [4.78, 5) is 11.3. The van der Waals surface area contributed by atoms with Gasteiger partial charge in [-0.15, -0.1) is 0 Å². The topological polar surface area (TPSA) is 47.6 Å². The normalized spacial score (nSPS) is 11.0. The molecule has 0 radical (unpaired) electrons. The van der Waals surface area contributed by atoms with Gasteiger partial charge in [-0.1, -0.05) is 30.3 Å². The zero-order chi connectivity index (χ0) is 20.0. The molecule has 8 heteroatoms. The number of hydrogen-bond donors (Lipinski definition) is 1. The van der Waals surface area contributed by atoms with Crippen molar-refractivity contribution < 1.29 is 27.4 Å². The number of rotatable bonds is 6. The van der Waals surface area contributed by atoms with E-state index in [-0.39, 0.29) is 10.8 Å². The fourth-order valence-corrected chi connectivity index (χ4v) is 2.37. The molecule has 0 saturated heterocycles. The molecule has 0 bridgehead atoms. The van der Waals surface area contributed by atoms with Crippen LogP contribution in [-0.2, 0) is 17.3 Å². The summed E-state index contributed by atoms with van der Waals surface area (Å²) in [6.07, 6.45) is -4.59. The lowest BCUT2D eigenvalue weighted by Crippen LogP contribution is -2.25. The first-order chi connectivity index (χ1) is 12.6. The summed E-state index contributed by atoms with van der Waals surface area (Å²) < 4.78 is 48.9. The van der Waals surface area contributed by atoms with Gasteiger partial charge in [0.25, 0.3) is 0 Å². The van der Waals surface area contributed by atoms with E-state index in [4.69, 9.17) is 21.1 Å². The molecular weight excluding hydrogens is 383 g/mol. The maximum Gasteiger partial charge on any atom is 0.417 e. The standard InChI is InChI=1S/C19H17ClF3NO3/c1-12(2)26-18(25)24-10-9-13-3-5-14(6-4-13)27-15-7-8-17(20)16(11-15)19(21,22)23/h3-8,11H,1,9-10H2,2H3,(H,24,25). The van der Waals surface area contributed by atoms with Crippen molar-refractivity contribution in [2.45, 2.75) is 19.5 Å². The Morgan fingerprint density at radius 1 is 1.15 bits per heavy atom. The number of nitrogens with one attached hydrogen (secondary N) is 1. The molecule has 2 rings (SSSR count). The Morgan fingerprint density at radius 3 is 2.37 bits per heavy atom. The molecule has 2 aromatic rings. The highest BCUT2D eigenvalue weighted by Crippen LogP contribution is 2.37. The third-order valence-corrected chi connectivity index (χ3v) is 3.68. The number of alkyl halides is 3. The predicted molar refractivity (Wildman–Crippen MR) is 96.0 cm³/mol. The van der Waals surface area contributed by atoms with E-state index in [2.05, 4.69) is 11.9 Å². The Morgan fingerprint density at radius 2 is 1.78 bits per heavy atom. The molecule has 0 spiro atoms. The number of ether oxygens (including phenoxy) is 2. The maximum absolute atomic E-state index is 12.9. The van der Waals surface area contributed by atoms with Crippen molar-refractivity contribution >= 4 is 17.7 Å². The van der Waals surface area contributed by atoms with Gasteiger partial charge in [0.1, 0.15) is 11.5 Å². The van der Waals surface area contributed by atoms with E-state index in [1.54, 1.807) is 31.2 Å². The van der Waals surface area contributed by atoms with Crippen LogP contribution in [0.1, 0.15) is 18.1 Å². The summed E-state index contributed by atoms with van der Waals surface area (Å²) in [5.74, 6) is 0.706. The van der Waals surface area contributed by atoms with Crippen molar-refractivity contribution in [3.8, 4) is 11.5 Å². The Balaban J connectivity index is 1.94. The van der Waals surface area contributed by atoms with Gasteiger partial charge in [-0.25, -0.2) is 4.79 Å². The van der Waals surface area contributed by atoms with E-state index in [1.165, 1.54) is 6.07 Å². The van der Waals surface area contributed by atoms with E-state index < -0.39 is 17.8 Å². The molecule has 0 heterocycles. The Kier molecular flexibility index (Phi) is 6.74. The van der Waals surface area contributed by atoms with Crippen LogP contribution in [0.25, 0.3) is 0 Å². The molecule has 0 aliphatic carbocycles. The molecule has 4 nitrogen and oxygen atoms in total. The molecule has 0 aliphatic rings. The highest BCUT2D eigenvalue weighted by atomic mass is 35.5. The zero-order valence-corrected chi connectivity index (χ0v) is 15.2. The smallest absolute Gasteiger partial charge is 0.417 e. The van der Waals surface area contributed by atoms with E-state index in [1.807, 2.05) is 0 Å². The van der Waals surface area contributed by atoms with Gasteiger partial charge in [-0.05, 0) is 49.2 Å². The second-order valence-corrected chi connectivity index (χ2v) is 6.06. The Labute approximate surface area is 159 Å². The number of allylic oxidation sites excluding steroid dienone is 1. The van der Waals surface area contributed by atoms with Crippen molar-refractivity contribution in [3.05, 3.63) is 71.0 Å². The number of amides is 1. The molecular formula is C19H17ClF3NO3. The first kappa shape index (κ1) is 20.6. The highest BCUT2D eigenvalue weighted by Gasteiger charge is 2.33. The Bertz CT molecular complexity index is 820. The molecule has 1 N–H and O–H groups in total. The van der Waals surface area contributed by atoms with Gasteiger partial charge in [0.2, 0.25) is 0 Å². The summed E-state index contributed by atoms with van der Waals surface area (Å²) >= 11 is 5.58. The fourth-order valence-electron chi connectivity index (χ4n) is 2.15. The summed E-state index contributed by atoms with van der Waals surface area (Å²) in [7, 11) is 0. The SMILES string of the molecule is C=C(C)OC(=O)NCCc1ccc(Oc2ccc(Cl)c(C(F)(F)F)c2)cc1. The maximum atomic E-state index is 12.9. The van der Waals surface area contributed by atoms with E-state index in [9.17, 15) is 18.0 Å². The molecule has 2 aromatic carbocycles. The number of carbonyl (C=O) groups is 1. The lowest BCUT2D eigenvalue weighted by Gasteiger charge is -2.12. The minimum absolute atomic E-state index is 0.0312. The summed E-state index contributed by atoms with van der Waals surface area (Å²) in [6.45, 7) is 5.39. The molecule has 144 valence electrons. The third kappa shape index (κ3) is 6.53. The quantitative estimate of drug-likeness (QED) is 0.610. The molecule has 0 fully saturated rings. The predicted octanol–water partition coefficient (Wildman–Crippen LogP) is 5.95. The third-order valence-electron chi connectivity index (χ3n) is 3.35. The van der Waals surface area contributed by atoms with Gasteiger partial charge in [0.15, 0.2) is 0 Å². The fraction of sp³-hybridized carbons (Fsp3) is 0.211. The lowest BCUT2D eigenvalue weighted by molar-refractivity contribution is -0.137. The number of halogens is 4. The van der Waals surface area contributed by atoms with Crippen molar-refractivity contribution in [3.63, 3.8) is 0 Å². The minimum atomic E-state index is -4.56. The number of benzene rings is 2. The average Bonchev–Trinajstić information content (AvgIpc) is 2.56. The van der Waals surface area contributed by atoms with Crippen LogP contribution in [0.15, 0.2) is 54.8 Å². The van der Waals surface area contributed by atoms with E-state index in [0.29, 0.717) is 24.5 Å². The second kappa shape index (κ2) is 8.81. The van der Waals surface area contributed by atoms with Gasteiger partial charge in [-0.2, -0.15) is 13.2 Å². The minimum Gasteiger partial charge on any atom is -0.457 e. The summed E-state index contributed by atoms with van der Waals surface area (Å²) in [5, 5.41) is 2.18. The zero-order valence-electron chi connectivity index (χ0n) is 14.4. The van der Waals surface area contributed by atoms with Gasteiger partial charge >= 0.3 is 12.3 Å². The van der Waals surface area contributed by atoms with Crippen LogP contribution < -0.4 is 10.1 Å². The van der Waals surface area contributed by atoms with Crippen LogP contribution in [-0.4, -0.2) is 12.6 Å². The second-order valence-electron chi connectivity index (χ2n) is 5.65. The van der Waals surface area contributed by atoms with Gasteiger partial charge in [-0.3, -0.25) is 0 Å². The summed E-state index contributed by atoms with van der Waals surface area (Å²) in [6, 6.07) is 10.1. The van der Waals surface area contributed by atoms with Crippen molar-refractivity contribution in [2.24, 2.45) is 0 Å². The number of alkyl carbamates (subject to hydrolysis) is 1. The number of carbonyl (C=O) groups excluding carboxylic acids is 1. The molecule has 0 aliphatic heterocycles. The van der Waals surface area contributed by atoms with Crippen LogP contribution >= 0.6 is 11.6 Å². The van der Waals surface area contributed by atoms with Gasteiger partial charge in [0, 0.05) is 6.54 Å². The van der Waals surface area contributed by atoms with Crippen LogP contribution in [0.2, 0.25) is 5.02 Å². The molecule has 0 atom stereocenters. The first-order valence-corrected chi connectivity index (χ1v) is 8.27. The van der Waals surface area contributed by atoms with Gasteiger partial charge < -0.3 is 14.8 Å². The first-order valence-electron chi connectivity index (χ1n) is 7.90. The van der Waals surface area contributed by atoms with Crippen molar-refractivity contribution in [1.29, 1.82) is 0 Å². The highest BCUT2D eigenvalue weighted by molar-refractivity contribution is 6.31. The molecule has 27 heavy (non-hydrogen) atoms. The van der Waals surface area contributed by atoms with Crippen LogP contribution in [0, 0.1) is 0 Å². The number of hydrogen-bond acceptors (Lipinski definition) is 3. The lowest BCUT2D eigenvalue weighted by atomic mass is 10.1. The van der Waals surface area contributed by atoms with Crippen LogP contribution in [0.5, 0.6) is 11.5 Å². The largest absolute Gasteiger partial charge is 0.457 e. The van der Waals surface area contributed by atoms with Crippen LogP contribution in [0.4, 0.5) is 18.0 Å². The van der Waals surface area contributed by atoms with Crippen molar-refractivity contribution in [1.82, 2.24) is 5.32 Å². The molecule has 0 saturated carbocycles. The molecule has 1 amide bonds.